The Balaban J connectivity index is 2.07. The molecule has 8 heteroatoms. The van der Waals surface area contributed by atoms with Crippen molar-refractivity contribution in [3.8, 4) is 0 Å². The van der Waals surface area contributed by atoms with Gasteiger partial charge in [-0.05, 0) is 43.4 Å². The highest BCUT2D eigenvalue weighted by Gasteiger charge is 2.37. The molecule has 2 heterocycles. The lowest BCUT2D eigenvalue weighted by molar-refractivity contribution is 0.395. The van der Waals surface area contributed by atoms with Crippen molar-refractivity contribution in [2.24, 2.45) is 7.05 Å². The first-order valence-electron chi connectivity index (χ1n) is 8.11. The number of benzene rings is 1. The van der Waals surface area contributed by atoms with E-state index >= 15 is 0 Å². The van der Waals surface area contributed by atoms with Crippen molar-refractivity contribution < 1.29 is 8.42 Å². The predicted octanol–water partition coefficient (Wildman–Crippen LogP) is 1.22. The number of nitrogens with one attached hydrogen (secondary N) is 1. The maximum absolute atomic E-state index is 13.0. The maximum atomic E-state index is 13.0. The molecule has 1 saturated heterocycles. The van der Waals surface area contributed by atoms with Crippen LogP contribution in [0.15, 0.2) is 38.9 Å². The van der Waals surface area contributed by atoms with Crippen LogP contribution in [0.2, 0.25) is 0 Å². The monoisotopic (exact) mass is 363 g/mol. The molecule has 0 amide bonds. The number of H-pyrrole nitrogens is 1. The second kappa shape index (κ2) is 6.27. The Morgan fingerprint density at radius 3 is 2.56 bits per heavy atom. The Labute approximate surface area is 146 Å². The van der Waals surface area contributed by atoms with Gasteiger partial charge in [0, 0.05) is 19.8 Å². The number of nitrogens with zero attached hydrogens (tertiary/aromatic N) is 2. The van der Waals surface area contributed by atoms with E-state index in [4.69, 9.17) is 0 Å². The largest absolute Gasteiger partial charge is 0.328 e. The number of rotatable bonds is 3. The summed E-state index contributed by atoms with van der Waals surface area (Å²) in [6, 6.07) is 5.61. The summed E-state index contributed by atoms with van der Waals surface area (Å²) in [5.74, 6) is 0. The van der Waals surface area contributed by atoms with Gasteiger partial charge < -0.3 is 4.57 Å². The van der Waals surface area contributed by atoms with Crippen molar-refractivity contribution in [2.75, 3.05) is 6.54 Å². The van der Waals surface area contributed by atoms with Crippen molar-refractivity contribution in [2.45, 2.75) is 37.6 Å². The summed E-state index contributed by atoms with van der Waals surface area (Å²) in [5.41, 5.74) is 1.64. The van der Waals surface area contributed by atoms with Crippen molar-refractivity contribution in [1.82, 2.24) is 13.9 Å². The Morgan fingerprint density at radius 2 is 1.88 bits per heavy atom. The molecular formula is C17H21N3O4S. The van der Waals surface area contributed by atoms with Crippen LogP contribution in [-0.2, 0) is 17.1 Å². The summed E-state index contributed by atoms with van der Waals surface area (Å²) >= 11 is 0. The highest BCUT2D eigenvalue weighted by Crippen LogP contribution is 2.36. The molecule has 134 valence electrons. The first-order valence-corrected chi connectivity index (χ1v) is 9.55. The summed E-state index contributed by atoms with van der Waals surface area (Å²) < 4.78 is 28.5. The fraction of sp³-hybridized carbons (Fsp3) is 0.412. The minimum Gasteiger partial charge on any atom is -0.302 e. The molecule has 1 fully saturated rings. The SMILES string of the molecule is Cc1ccc(C2CCCN2S(=O)(=O)c2cn(C)c(=O)[nH]c2=O)cc1C. The second-order valence-corrected chi connectivity index (χ2v) is 8.34. The number of aromatic nitrogens is 2. The molecule has 1 aromatic heterocycles. The van der Waals surface area contributed by atoms with Crippen LogP contribution >= 0.6 is 0 Å². The molecule has 1 aliphatic heterocycles. The van der Waals surface area contributed by atoms with E-state index in [2.05, 4.69) is 4.98 Å². The van der Waals surface area contributed by atoms with Gasteiger partial charge in [0.05, 0.1) is 6.04 Å². The maximum Gasteiger partial charge on any atom is 0.328 e. The highest BCUT2D eigenvalue weighted by molar-refractivity contribution is 7.89. The fourth-order valence-corrected chi connectivity index (χ4v) is 4.94. The quantitative estimate of drug-likeness (QED) is 0.887. The van der Waals surface area contributed by atoms with Gasteiger partial charge in [-0.25, -0.2) is 13.2 Å². The van der Waals surface area contributed by atoms with Gasteiger partial charge in [0.1, 0.15) is 0 Å². The second-order valence-electron chi connectivity index (χ2n) is 6.48. The average Bonchev–Trinajstić information content (AvgIpc) is 3.04. The molecule has 1 N–H and O–H groups in total. The number of aromatic amines is 1. The van der Waals surface area contributed by atoms with Crippen molar-refractivity contribution in [3.05, 3.63) is 61.9 Å². The van der Waals surface area contributed by atoms with E-state index in [-0.39, 0.29) is 6.04 Å². The van der Waals surface area contributed by atoms with Crippen LogP contribution in [-0.4, -0.2) is 28.8 Å². The van der Waals surface area contributed by atoms with E-state index in [0.717, 1.165) is 33.9 Å². The molecule has 0 saturated carbocycles. The molecule has 1 unspecified atom stereocenters. The van der Waals surface area contributed by atoms with E-state index in [0.29, 0.717) is 13.0 Å². The van der Waals surface area contributed by atoms with Gasteiger partial charge >= 0.3 is 5.69 Å². The van der Waals surface area contributed by atoms with Crippen LogP contribution in [0.3, 0.4) is 0 Å². The minimum absolute atomic E-state index is 0.305. The third-order valence-electron chi connectivity index (χ3n) is 4.78. The number of hydrogen-bond acceptors (Lipinski definition) is 4. The Bertz CT molecular complexity index is 1040. The molecular weight excluding hydrogens is 342 g/mol. The van der Waals surface area contributed by atoms with Crippen molar-refractivity contribution in [1.29, 1.82) is 0 Å². The molecule has 7 nitrogen and oxygen atoms in total. The fourth-order valence-electron chi connectivity index (χ4n) is 3.18. The Hall–Kier alpha value is -2.19. The van der Waals surface area contributed by atoms with Crippen molar-refractivity contribution in [3.63, 3.8) is 0 Å². The van der Waals surface area contributed by atoms with Gasteiger partial charge in [0.25, 0.3) is 15.6 Å². The third kappa shape index (κ3) is 3.07. The number of aryl methyl sites for hydroxylation is 3. The summed E-state index contributed by atoms with van der Waals surface area (Å²) in [4.78, 5) is 25.2. The highest BCUT2D eigenvalue weighted by atomic mass is 32.2. The van der Waals surface area contributed by atoms with E-state index in [1.165, 1.54) is 11.4 Å². The zero-order valence-corrected chi connectivity index (χ0v) is 15.3. The molecule has 2 aromatic rings. The van der Waals surface area contributed by atoms with E-state index in [9.17, 15) is 18.0 Å². The van der Waals surface area contributed by atoms with E-state index in [1.807, 2.05) is 32.0 Å². The van der Waals surface area contributed by atoms with Gasteiger partial charge in [-0.3, -0.25) is 9.78 Å². The van der Waals surface area contributed by atoms with E-state index < -0.39 is 26.2 Å². The Kier molecular flexibility index (Phi) is 4.42. The van der Waals surface area contributed by atoms with Gasteiger partial charge in [-0.15, -0.1) is 0 Å². The first kappa shape index (κ1) is 17.6. The van der Waals surface area contributed by atoms with Gasteiger partial charge in [-0.1, -0.05) is 18.2 Å². The topological polar surface area (TPSA) is 92.2 Å². The number of hydrogen-bond donors (Lipinski definition) is 1. The van der Waals surface area contributed by atoms with Crippen LogP contribution in [0.5, 0.6) is 0 Å². The molecule has 0 spiro atoms. The summed E-state index contributed by atoms with van der Waals surface area (Å²) in [7, 11) is -2.59. The van der Waals surface area contributed by atoms with Crippen LogP contribution < -0.4 is 11.2 Å². The molecule has 3 rings (SSSR count). The van der Waals surface area contributed by atoms with Crippen LogP contribution in [0.4, 0.5) is 0 Å². The molecule has 0 aliphatic carbocycles. The minimum atomic E-state index is -4.00. The van der Waals surface area contributed by atoms with Gasteiger partial charge in [-0.2, -0.15) is 4.31 Å². The summed E-state index contributed by atoms with van der Waals surface area (Å²) in [6.45, 7) is 4.35. The molecule has 25 heavy (non-hydrogen) atoms. The molecule has 0 bridgehead atoms. The van der Waals surface area contributed by atoms with Gasteiger partial charge in [0.2, 0.25) is 0 Å². The molecule has 1 aromatic carbocycles. The predicted molar refractivity (Wildman–Crippen MR) is 94.1 cm³/mol. The average molecular weight is 363 g/mol. The smallest absolute Gasteiger partial charge is 0.302 e. The third-order valence-corrected chi connectivity index (χ3v) is 6.68. The molecule has 1 aliphatic rings. The lowest BCUT2D eigenvalue weighted by atomic mass is 10.0. The summed E-state index contributed by atoms with van der Waals surface area (Å²) in [5, 5.41) is 0. The normalized spacial score (nSPS) is 18.6. The van der Waals surface area contributed by atoms with Crippen molar-refractivity contribution >= 4 is 10.0 Å². The van der Waals surface area contributed by atoms with Gasteiger partial charge in [0.15, 0.2) is 4.90 Å². The van der Waals surface area contributed by atoms with Crippen LogP contribution in [0.1, 0.15) is 35.6 Å². The lowest BCUT2D eigenvalue weighted by Crippen LogP contribution is -2.38. The van der Waals surface area contributed by atoms with Crippen LogP contribution in [0, 0.1) is 13.8 Å². The lowest BCUT2D eigenvalue weighted by Gasteiger charge is -2.24. The van der Waals surface area contributed by atoms with Crippen LogP contribution in [0.25, 0.3) is 0 Å². The zero-order chi connectivity index (χ0) is 18.4. The zero-order valence-electron chi connectivity index (χ0n) is 14.4. The standard InChI is InChI=1S/C17H21N3O4S/c1-11-6-7-13(9-12(11)2)14-5-4-8-20(14)25(23,24)15-10-19(3)17(22)18-16(15)21/h6-7,9-10,14H,4-5,8H2,1-3H3,(H,18,21,22). The first-order chi connectivity index (χ1) is 11.7. The summed E-state index contributed by atoms with van der Waals surface area (Å²) in [6.07, 6.45) is 2.51. The molecule has 1 atom stereocenters. The van der Waals surface area contributed by atoms with E-state index in [1.54, 1.807) is 0 Å². The Morgan fingerprint density at radius 1 is 1.16 bits per heavy atom. The number of sulfonamides is 1. The molecule has 0 radical (unpaired) electrons.